The average molecular weight is 334 g/mol. The number of hydrogen-bond acceptors (Lipinski definition) is 1. The van der Waals surface area contributed by atoms with Gasteiger partial charge in [0, 0.05) is 17.6 Å². The van der Waals surface area contributed by atoms with Gasteiger partial charge in [-0.05, 0) is 42.3 Å². The van der Waals surface area contributed by atoms with Gasteiger partial charge in [-0.1, -0.05) is 29.3 Å². The van der Waals surface area contributed by atoms with Crippen molar-refractivity contribution in [3.63, 3.8) is 0 Å². The summed E-state index contributed by atoms with van der Waals surface area (Å²) in [7, 11) is 0. The fourth-order valence-electron chi connectivity index (χ4n) is 1.90. The average Bonchev–Trinajstić information content (AvgIpc) is 2.44. The summed E-state index contributed by atoms with van der Waals surface area (Å²) in [5.74, 6) is -2.36. The van der Waals surface area contributed by atoms with Gasteiger partial charge in [0.25, 0.3) is 0 Å². The van der Waals surface area contributed by atoms with Crippen LogP contribution in [0.4, 0.5) is 13.2 Å². The van der Waals surface area contributed by atoms with Gasteiger partial charge < -0.3 is 5.32 Å². The Morgan fingerprint density at radius 3 is 2.33 bits per heavy atom. The molecule has 0 spiro atoms. The van der Waals surface area contributed by atoms with Crippen LogP contribution in [-0.2, 0) is 6.54 Å². The smallest absolute Gasteiger partial charge is 0.159 e. The highest BCUT2D eigenvalue weighted by molar-refractivity contribution is 6.35. The van der Waals surface area contributed by atoms with Crippen LogP contribution in [0, 0.1) is 17.5 Å². The zero-order valence-electron chi connectivity index (χ0n) is 11.1. The Morgan fingerprint density at radius 2 is 1.67 bits per heavy atom. The first-order valence-electron chi connectivity index (χ1n) is 6.20. The summed E-state index contributed by atoms with van der Waals surface area (Å²) in [5.41, 5.74) is 1.12. The first-order chi connectivity index (χ1) is 9.88. The summed E-state index contributed by atoms with van der Waals surface area (Å²) in [6.07, 6.45) is 0. The molecular formula is C15H12Cl2F3N. The SMILES string of the molecule is CC(NCc1ccc(F)c(F)c1)c1cc(F)c(Cl)cc1Cl. The minimum Gasteiger partial charge on any atom is -0.306 e. The quantitative estimate of drug-likeness (QED) is 0.752. The van der Waals surface area contributed by atoms with Crippen molar-refractivity contribution in [2.45, 2.75) is 19.5 Å². The van der Waals surface area contributed by atoms with Crippen molar-refractivity contribution in [3.05, 3.63) is 69.0 Å². The van der Waals surface area contributed by atoms with Crippen molar-refractivity contribution in [1.29, 1.82) is 0 Å². The number of rotatable bonds is 4. The van der Waals surface area contributed by atoms with Crippen LogP contribution >= 0.6 is 23.2 Å². The van der Waals surface area contributed by atoms with Gasteiger partial charge in [-0.15, -0.1) is 0 Å². The summed E-state index contributed by atoms with van der Waals surface area (Å²) in [6.45, 7) is 2.08. The van der Waals surface area contributed by atoms with Gasteiger partial charge in [-0.2, -0.15) is 0 Å². The van der Waals surface area contributed by atoms with Gasteiger partial charge in [0.05, 0.1) is 5.02 Å². The first kappa shape index (κ1) is 16.1. The lowest BCUT2D eigenvalue weighted by Crippen LogP contribution is -2.18. The van der Waals surface area contributed by atoms with E-state index in [1.807, 2.05) is 0 Å². The molecule has 0 radical (unpaired) electrons. The molecule has 0 saturated carbocycles. The largest absolute Gasteiger partial charge is 0.306 e. The second-order valence-electron chi connectivity index (χ2n) is 4.64. The molecule has 1 nitrogen and oxygen atoms in total. The Bertz CT molecular complexity index is 662. The molecule has 0 bridgehead atoms. The van der Waals surface area contributed by atoms with E-state index in [0.29, 0.717) is 22.7 Å². The third-order valence-electron chi connectivity index (χ3n) is 3.10. The Morgan fingerprint density at radius 1 is 0.952 bits per heavy atom. The highest BCUT2D eigenvalue weighted by Crippen LogP contribution is 2.28. The molecule has 0 aromatic heterocycles. The van der Waals surface area contributed by atoms with Gasteiger partial charge in [0.2, 0.25) is 0 Å². The number of hydrogen-bond donors (Lipinski definition) is 1. The van der Waals surface area contributed by atoms with Crippen molar-refractivity contribution in [1.82, 2.24) is 5.32 Å². The zero-order valence-corrected chi connectivity index (χ0v) is 12.6. The summed E-state index contributed by atoms with van der Waals surface area (Å²) in [6, 6.07) is 5.96. The maximum Gasteiger partial charge on any atom is 0.159 e. The highest BCUT2D eigenvalue weighted by Gasteiger charge is 2.13. The normalized spacial score (nSPS) is 12.5. The van der Waals surface area contributed by atoms with Crippen LogP contribution in [-0.4, -0.2) is 0 Å². The molecule has 21 heavy (non-hydrogen) atoms. The summed E-state index contributed by atoms with van der Waals surface area (Å²) >= 11 is 11.7. The van der Waals surface area contributed by atoms with Crippen LogP contribution in [0.25, 0.3) is 0 Å². The zero-order chi connectivity index (χ0) is 15.6. The van der Waals surface area contributed by atoms with Crippen LogP contribution in [0.5, 0.6) is 0 Å². The fourth-order valence-corrected chi connectivity index (χ4v) is 2.45. The number of halogens is 5. The molecule has 0 amide bonds. The maximum atomic E-state index is 13.5. The molecule has 2 rings (SSSR count). The first-order valence-corrected chi connectivity index (χ1v) is 6.96. The van der Waals surface area contributed by atoms with Gasteiger partial charge in [0.1, 0.15) is 5.82 Å². The Hall–Kier alpha value is -1.23. The molecular weight excluding hydrogens is 322 g/mol. The van der Waals surface area contributed by atoms with Crippen molar-refractivity contribution in [3.8, 4) is 0 Å². The molecule has 0 aliphatic heterocycles. The third kappa shape index (κ3) is 3.90. The van der Waals surface area contributed by atoms with Crippen LogP contribution in [0.15, 0.2) is 30.3 Å². The third-order valence-corrected chi connectivity index (χ3v) is 3.72. The predicted octanol–water partition coefficient (Wildman–Crippen LogP) is 5.26. The van der Waals surface area contributed by atoms with E-state index < -0.39 is 17.5 Å². The van der Waals surface area contributed by atoms with Crippen LogP contribution < -0.4 is 5.32 Å². The predicted molar refractivity (Wildman–Crippen MR) is 78.0 cm³/mol. The number of nitrogens with one attached hydrogen (secondary N) is 1. The molecule has 0 saturated heterocycles. The molecule has 1 atom stereocenters. The summed E-state index contributed by atoms with van der Waals surface area (Å²) in [5, 5.41) is 3.36. The van der Waals surface area contributed by atoms with Crippen LogP contribution in [0.3, 0.4) is 0 Å². The highest BCUT2D eigenvalue weighted by atomic mass is 35.5. The maximum absolute atomic E-state index is 13.5. The second kappa shape index (κ2) is 6.69. The second-order valence-corrected chi connectivity index (χ2v) is 5.45. The van der Waals surface area contributed by atoms with E-state index >= 15 is 0 Å². The molecule has 1 N–H and O–H groups in total. The van der Waals surface area contributed by atoms with Crippen molar-refractivity contribution >= 4 is 23.2 Å². The van der Waals surface area contributed by atoms with Crippen molar-refractivity contribution in [2.24, 2.45) is 0 Å². The van der Waals surface area contributed by atoms with E-state index in [4.69, 9.17) is 23.2 Å². The minimum absolute atomic E-state index is 0.0449. The van der Waals surface area contributed by atoms with E-state index in [9.17, 15) is 13.2 Å². The lowest BCUT2D eigenvalue weighted by Gasteiger charge is -2.16. The van der Waals surface area contributed by atoms with Crippen LogP contribution in [0.2, 0.25) is 10.0 Å². The van der Waals surface area contributed by atoms with E-state index in [1.54, 1.807) is 6.92 Å². The Balaban J connectivity index is 2.09. The molecule has 0 heterocycles. The summed E-state index contributed by atoms with van der Waals surface area (Å²) in [4.78, 5) is 0. The molecule has 112 valence electrons. The molecule has 0 aliphatic carbocycles. The monoisotopic (exact) mass is 333 g/mol. The van der Waals surface area contributed by atoms with Gasteiger partial charge in [0.15, 0.2) is 11.6 Å². The molecule has 1 unspecified atom stereocenters. The molecule has 0 aliphatic rings. The Kier molecular flexibility index (Phi) is 5.14. The van der Waals surface area contributed by atoms with E-state index in [2.05, 4.69) is 5.32 Å². The summed E-state index contributed by atoms with van der Waals surface area (Å²) < 4.78 is 39.4. The standard InChI is InChI=1S/C15H12Cl2F3N/c1-8(10-5-14(19)12(17)6-11(10)16)21-7-9-2-3-13(18)15(20)4-9/h2-6,8,21H,7H2,1H3. The van der Waals surface area contributed by atoms with Crippen LogP contribution in [0.1, 0.15) is 24.1 Å². The fraction of sp³-hybridized carbons (Fsp3) is 0.200. The van der Waals surface area contributed by atoms with E-state index in [-0.39, 0.29) is 11.1 Å². The number of benzene rings is 2. The van der Waals surface area contributed by atoms with Crippen molar-refractivity contribution in [2.75, 3.05) is 0 Å². The lowest BCUT2D eigenvalue weighted by atomic mass is 10.1. The van der Waals surface area contributed by atoms with Crippen molar-refractivity contribution < 1.29 is 13.2 Å². The Labute approximate surface area is 130 Å². The molecule has 2 aromatic carbocycles. The van der Waals surface area contributed by atoms with E-state index in [1.165, 1.54) is 18.2 Å². The minimum atomic E-state index is -0.905. The molecule has 0 fully saturated rings. The molecule has 2 aromatic rings. The van der Waals surface area contributed by atoms with Gasteiger partial charge in [-0.3, -0.25) is 0 Å². The van der Waals surface area contributed by atoms with Gasteiger partial charge in [-0.25, -0.2) is 13.2 Å². The lowest BCUT2D eigenvalue weighted by molar-refractivity contribution is 0.503. The van der Waals surface area contributed by atoms with E-state index in [0.717, 1.165) is 12.1 Å². The van der Waals surface area contributed by atoms with Gasteiger partial charge >= 0.3 is 0 Å². The topological polar surface area (TPSA) is 12.0 Å². The molecule has 6 heteroatoms.